The van der Waals surface area contributed by atoms with Gasteiger partial charge in [-0.05, 0) is 11.4 Å². The van der Waals surface area contributed by atoms with Crippen LogP contribution in [0.25, 0.3) is 0 Å². The Kier molecular flexibility index (Phi) is 5.84. The standard InChI is InChI=1S/C5H4NO2S.K/c7-5(6-8)4-2-1-3-9-4;/h1-3H,(H-,6,7,8);/q-1;+1. The Balaban J connectivity index is 0.000000810. The molecule has 5 heteroatoms. The summed E-state index contributed by atoms with van der Waals surface area (Å²) in [5.74, 6) is -0.565. The van der Waals surface area contributed by atoms with E-state index in [1.807, 2.05) is 0 Å². The second-order valence-corrected chi connectivity index (χ2v) is 2.36. The number of rotatable bonds is 1. The third-order valence-corrected chi connectivity index (χ3v) is 1.71. The number of hydrogen-bond donors (Lipinski definition) is 1. The van der Waals surface area contributed by atoms with E-state index < -0.39 is 5.91 Å². The van der Waals surface area contributed by atoms with Crippen LogP contribution in [0.4, 0.5) is 0 Å². The molecule has 0 fully saturated rings. The quantitative estimate of drug-likeness (QED) is 0.402. The van der Waals surface area contributed by atoms with Gasteiger partial charge in [0.05, 0.1) is 4.88 Å². The maximum atomic E-state index is 10.5. The first-order valence-electron chi connectivity index (χ1n) is 2.30. The molecule has 0 aliphatic heterocycles. The zero-order valence-corrected chi connectivity index (χ0v) is 9.40. The smallest absolute Gasteiger partial charge is 0.759 e. The first kappa shape index (κ1) is 10.8. The van der Waals surface area contributed by atoms with Crippen LogP contribution in [0.15, 0.2) is 17.5 Å². The van der Waals surface area contributed by atoms with E-state index in [-0.39, 0.29) is 51.4 Å². The van der Waals surface area contributed by atoms with Crippen LogP contribution in [0, 0.1) is 5.21 Å². The van der Waals surface area contributed by atoms with Crippen LogP contribution in [0.5, 0.6) is 0 Å². The van der Waals surface area contributed by atoms with Gasteiger partial charge in [-0.1, -0.05) is 6.07 Å². The van der Waals surface area contributed by atoms with Gasteiger partial charge < -0.3 is 10.7 Å². The van der Waals surface area contributed by atoms with E-state index in [1.165, 1.54) is 16.8 Å². The molecular formula is C5H4KNO2S. The largest absolute Gasteiger partial charge is 1.00 e. The number of hydrogen-bond acceptors (Lipinski definition) is 3. The minimum Gasteiger partial charge on any atom is -0.759 e. The predicted molar refractivity (Wildman–Crippen MR) is 35.2 cm³/mol. The van der Waals surface area contributed by atoms with E-state index in [9.17, 15) is 10.0 Å². The van der Waals surface area contributed by atoms with Gasteiger partial charge in [0.25, 0.3) is 5.91 Å². The summed E-state index contributed by atoms with van der Waals surface area (Å²) in [5.41, 5.74) is 1.29. The summed E-state index contributed by atoms with van der Waals surface area (Å²) in [7, 11) is 0. The topological polar surface area (TPSA) is 52.2 Å². The molecule has 0 saturated heterocycles. The minimum absolute atomic E-state index is 0. The molecule has 0 atom stereocenters. The Bertz CT molecular complexity index is 199. The van der Waals surface area contributed by atoms with Crippen LogP contribution in [0.1, 0.15) is 9.67 Å². The van der Waals surface area contributed by atoms with Crippen molar-refractivity contribution < 1.29 is 56.2 Å². The van der Waals surface area contributed by atoms with Crippen molar-refractivity contribution in [2.45, 2.75) is 0 Å². The third-order valence-electron chi connectivity index (χ3n) is 0.838. The molecule has 3 nitrogen and oxygen atoms in total. The van der Waals surface area contributed by atoms with Crippen molar-refractivity contribution >= 4 is 17.2 Å². The molecular weight excluding hydrogens is 177 g/mol. The molecule has 0 unspecified atom stereocenters. The van der Waals surface area contributed by atoms with E-state index in [4.69, 9.17) is 0 Å². The van der Waals surface area contributed by atoms with Crippen LogP contribution in [-0.4, -0.2) is 5.91 Å². The Morgan fingerprint density at radius 1 is 1.70 bits per heavy atom. The molecule has 1 rings (SSSR count). The van der Waals surface area contributed by atoms with Gasteiger partial charge in [0, 0.05) is 0 Å². The first-order chi connectivity index (χ1) is 4.34. The third kappa shape index (κ3) is 2.79. The second-order valence-electron chi connectivity index (χ2n) is 1.41. The van der Waals surface area contributed by atoms with Crippen molar-refractivity contribution in [3.8, 4) is 0 Å². The number of nitrogens with one attached hydrogen (secondary N) is 1. The van der Waals surface area contributed by atoms with Gasteiger partial charge in [-0.15, -0.1) is 11.3 Å². The Morgan fingerprint density at radius 3 is 2.80 bits per heavy atom. The van der Waals surface area contributed by atoms with Crippen molar-refractivity contribution in [1.82, 2.24) is 5.48 Å². The summed E-state index contributed by atoms with van der Waals surface area (Å²) >= 11 is 1.24. The summed E-state index contributed by atoms with van der Waals surface area (Å²) in [5, 5.41) is 11.5. The monoisotopic (exact) mass is 181 g/mol. The van der Waals surface area contributed by atoms with Gasteiger partial charge in [-0.25, -0.2) is 0 Å². The number of thiophene rings is 1. The molecule has 0 aliphatic carbocycles. The van der Waals surface area contributed by atoms with E-state index in [1.54, 1.807) is 17.5 Å². The molecule has 0 radical (unpaired) electrons. The Morgan fingerprint density at radius 2 is 2.40 bits per heavy atom. The molecule has 1 heterocycles. The molecule has 1 N–H and O–H groups in total. The Hall–Kier alpha value is 0.766. The van der Waals surface area contributed by atoms with Crippen molar-refractivity contribution in [2.75, 3.05) is 0 Å². The molecule has 10 heavy (non-hydrogen) atoms. The normalized spacial score (nSPS) is 8.10. The van der Waals surface area contributed by atoms with E-state index in [0.29, 0.717) is 4.88 Å². The number of carbonyl (C=O) groups excluding carboxylic acids is 1. The van der Waals surface area contributed by atoms with Gasteiger partial charge in [-0.3, -0.25) is 4.79 Å². The van der Waals surface area contributed by atoms with Gasteiger partial charge in [-0.2, -0.15) is 0 Å². The summed E-state index contributed by atoms with van der Waals surface area (Å²) in [6.07, 6.45) is 0. The molecule has 1 aromatic heterocycles. The zero-order chi connectivity index (χ0) is 6.69. The van der Waals surface area contributed by atoms with Crippen LogP contribution in [-0.2, 0) is 0 Å². The average molecular weight is 181 g/mol. The summed E-state index contributed by atoms with van der Waals surface area (Å²) < 4.78 is 0. The molecule has 48 valence electrons. The van der Waals surface area contributed by atoms with Crippen LogP contribution < -0.4 is 56.9 Å². The van der Waals surface area contributed by atoms with E-state index >= 15 is 0 Å². The van der Waals surface area contributed by atoms with Crippen molar-refractivity contribution in [3.05, 3.63) is 27.6 Å². The molecule has 0 bridgehead atoms. The van der Waals surface area contributed by atoms with Gasteiger partial charge in [0.1, 0.15) is 0 Å². The van der Waals surface area contributed by atoms with Crippen molar-refractivity contribution in [1.29, 1.82) is 0 Å². The van der Waals surface area contributed by atoms with Gasteiger partial charge in [0.2, 0.25) is 0 Å². The molecule has 0 saturated carbocycles. The molecule has 0 aromatic carbocycles. The average Bonchev–Trinajstić information content (AvgIpc) is 2.37. The van der Waals surface area contributed by atoms with Crippen molar-refractivity contribution in [2.24, 2.45) is 0 Å². The molecule has 0 aliphatic rings. The summed E-state index contributed by atoms with van der Waals surface area (Å²) in [6, 6.07) is 3.31. The molecule has 1 aromatic rings. The first-order valence-corrected chi connectivity index (χ1v) is 3.18. The van der Waals surface area contributed by atoms with Gasteiger partial charge >= 0.3 is 51.4 Å². The fraction of sp³-hybridized carbons (Fsp3) is 0. The minimum atomic E-state index is -0.565. The van der Waals surface area contributed by atoms with Crippen LogP contribution in [0.2, 0.25) is 0 Å². The maximum absolute atomic E-state index is 10.5. The fourth-order valence-electron chi connectivity index (χ4n) is 0.458. The van der Waals surface area contributed by atoms with Crippen molar-refractivity contribution in [3.63, 3.8) is 0 Å². The summed E-state index contributed by atoms with van der Waals surface area (Å²) in [6.45, 7) is 0. The number of hydroxylamine groups is 1. The number of carbonyl (C=O) groups is 1. The Labute approximate surface area is 105 Å². The second kappa shape index (κ2) is 5.42. The predicted octanol–water partition coefficient (Wildman–Crippen LogP) is -2.02. The van der Waals surface area contributed by atoms with Crippen LogP contribution >= 0.6 is 11.3 Å². The van der Waals surface area contributed by atoms with E-state index in [0.717, 1.165) is 0 Å². The fourth-order valence-corrected chi connectivity index (χ4v) is 1.07. The number of amides is 1. The van der Waals surface area contributed by atoms with Crippen LogP contribution in [0.3, 0.4) is 0 Å². The maximum Gasteiger partial charge on any atom is 1.00 e. The molecule has 1 amide bonds. The van der Waals surface area contributed by atoms with Gasteiger partial charge in [0.15, 0.2) is 0 Å². The summed E-state index contributed by atoms with van der Waals surface area (Å²) in [4.78, 5) is 10.9. The zero-order valence-electron chi connectivity index (χ0n) is 5.46. The van der Waals surface area contributed by atoms with E-state index in [2.05, 4.69) is 0 Å². The molecule has 0 spiro atoms. The SMILES string of the molecule is O=C(N[O-])c1cccs1.[K+].